The Labute approximate surface area is 129 Å². The Bertz CT molecular complexity index is 405. The molecule has 0 amide bonds. The van der Waals surface area contributed by atoms with Crippen molar-refractivity contribution >= 4 is 0 Å². The predicted octanol–water partition coefficient (Wildman–Crippen LogP) is 4.32. The van der Waals surface area contributed by atoms with Gasteiger partial charge in [0.15, 0.2) is 0 Å². The van der Waals surface area contributed by atoms with Gasteiger partial charge < -0.3 is 14.8 Å². The first kappa shape index (κ1) is 16.2. The van der Waals surface area contributed by atoms with Crippen LogP contribution in [0.1, 0.15) is 57.1 Å². The second kappa shape index (κ2) is 8.28. The van der Waals surface area contributed by atoms with Crippen molar-refractivity contribution in [2.45, 2.75) is 51.5 Å². The number of benzene rings is 1. The zero-order chi connectivity index (χ0) is 15.1. The predicted molar refractivity (Wildman–Crippen MR) is 87.2 cm³/mol. The molecule has 1 aliphatic carbocycles. The van der Waals surface area contributed by atoms with E-state index in [1.807, 2.05) is 6.07 Å². The molecule has 118 valence electrons. The average molecular weight is 291 g/mol. The highest BCUT2D eigenvalue weighted by Gasteiger charge is 2.19. The van der Waals surface area contributed by atoms with Crippen LogP contribution in [0.4, 0.5) is 0 Å². The molecule has 0 radical (unpaired) electrons. The Kier molecular flexibility index (Phi) is 6.37. The lowest BCUT2D eigenvalue weighted by Crippen LogP contribution is -2.21. The summed E-state index contributed by atoms with van der Waals surface area (Å²) in [4.78, 5) is 0. The fraction of sp³-hybridized carbons (Fsp3) is 0.667. The van der Waals surface area contributed by atoms with E-state index in [4.69, 9.17) is 9.47 Å². The van der Waals surface area contributed by atoms with Gasteiger partial charge in [-0.25, -0.2) is 0 Å². The van der Waals surface area contributed by atoms with Crippen molar-refractivity contribution in [2.24, 2.45) is 5.92 Å². The first-order valence-electron chi connectivity index (χ1n) is 8.23. The van der Waals surface area contributed by atoms with Crippen molar-refractivity contribution in [3.63, 3.8) is 0 Å². The second-order valence-corrected chi connectivity index (χ2v) is 5.98. The van der Waals surface area contributed by atoms with Crippen LogP contribution in [0.15, 0.2) is 18.2 Å². The lowest BCUT2D eigenvalue weighted by molar-refractivity contribution is 0.386. The molecule has 1 N–H and O–H groups in total. The summed E-state index contributed by atoms with van der Waals surface area (Å²) in [7, 11) is 3.42. The maximum absolute atomic E-state index is 5.40. The Morgan fingerprint density at radius 2 is 1.71 bits per heavy atom. The van der Waals surface area contributed by atoms with E-state index in [9.17, 15) is 0 Å². The fourth-order valence-corrected chi connectivity index (χ4v) is 3.37. The molecule has 1 unspecified atom stereocenters. The van der Waals surface area contributed by atoms with Crippen LogP contribution < -0.4 is 14.8 Å². The first-order valence-corrected chi connectivity index (χ1v) is 8.23. The van der Waals surface area contributed by atoms with Crippen LogP contribution in [0, 0.1) is 5.92 Å². The van der Waals surface area contributed by atoms with Crippen LogP contribution in [0.2, 0.25) is 0 Å². The molecule has 3 heteroatoms. The van der Waals surface area contributed by atoms with Crippen molar-refractivity contribution in [2.75, 3.05) is 20.8 Å². The molecule has 0 bridgehead atoms. The molecule has 0 saturated heterocycles. The lowest BCUT2D eigenvalue weighted by Gasteiger charge is -2.21. The maximum Gasteiger partial charge on any atom is 0.122 e. The van der Waals surface area contributed by atoms with E-state index in [-0.39, 0.29) is 0 Å². The van der Waals surface area contributed by atoms with Gasteiger partial charge in [-0.15, -0.1) is 0 Å². The number of hydrogen-bond donors (Lipinski definition) is 1. The van der Waals surface area contributed by atoms with Gasteiger partial charge in [-0.3, -0.25) is 0 Å². The molecule has 2 rings (SSSR count). The minimum absolute atomic E-state index is 0.389. The van der Waals surface area contributed by atoms with Gasteiger partial charge in [-0.2, -0.15) is 0 Å². The summed E-state index contributed by atoms with van der Waals surface area (Å²) < 4.78 is 10.8. The quantitative estimate of drug-likeness (QED) is 0.773. The third-order valence-electron chi connectivity index (χ3n) is 4.57. The van der Waals surface area contributed by atoms with Crippen LogP contribution in [-0.2, 0) is 0 Å². The molecular formula is C18H29NO2. The molecule has 1 aromatic rings. The Balaban J connectivity index is 2.08. The monoisotopic (exact) mass is 291 g/mol. The minimum atomic E-state index is 0.389. The Morgan fingerprint density at radius 1 is 1.10 bits per heavy atom. The molecule has 1 atom stereocenters. The van der Waals surface area contributed by atoms with Crippen molar-refractivity contribution in [3.8, 4) is 11.5 Å². The zero-order valence-corrected chi connectivity index (χ0v) is 13.7. The number of rotatable bonds is 8. The summed E-state index contributed by atoms with van der Waals surface area (Å²) in [6, 6.07) is 6.58. The fourth-order valence-electron chi connectivity index (χ4n) is 3.37. The molecule has 0 aromatic heterocycles. The number of ether oxygens (including phenoxy) is 2. The summed E-state index contributed by atoms with van der Waals surface area (Å²) in [5, 5.41) is 3.61. The molecule has 0 spiro atoms. The molecule has 0 aliphatic heterocycles. The normalized spacial score (nSPS) is 16.9. The van der Waals surface area contributed by atoms with Gasteiger partial charge in [0.2, 0.25) is 0 Å². The maximum atomic E-state index is 5.40. The minimum Gasteiger partial charge on any atom is -0.497 e. The highest BCUT2D eigenvalue weighted by Crippen LogP contribution is 2.33. The number of nitrogens with one attached hydrogen (secondary N) is 1. The third-order valence-corrected chi connectivity index (χ3v) is 4.57. The van der Waals surface area contributed by atoms with Gasteiger partial charge in [0.25, 0.3) is 0 Å². The molecule has 1 fully saturated rings. The molecular weight excluding hydrogens is 262 g/mol. The van der Waals surface area contributed by atoms with Crippen LogP contribution in [-0.4, -0.2) is 20.8 Å². The van der Waals surface area contributed by atoms with Gasteiger partial charge >= 0.3 is 0 Å². The first-order chi connectivity index (χ1) is 10.3. The molecule has 1 aliphatic rings. The van der Waals surface area contributed by atoms with Gasteiger partial charge in [0.1, 0.15) is 11.5 Å². The number of methoxy groups -OCH3 is 2. The summed E-state index contributed by atoms with van der Waals surface area (Å²) in [6.07, 6.45) is 8.18. The van der Waals surface area contributed by atoms with Crippen molar-refractivity contribution in [1.82, 2.24) is 5.32 Å². The van der Waals surface area contributed by atoms with E-state index in [2.05, 4.69) is 24.4 Å². The van der Waals surface area contributed by atoms with Gasteiger partial charge in [0, 0.05) is 12.1 Å². The van der Waals surface area contributed by atoms with Gasteiger partial charge in [-0.05, 0) is 43.0 Å². The van der Waals surface area contributed by atoms with Gasteiger partial charge in [0.05, 0.1) is 14.2 Å². The van der Waals surface area contributed by atoms with E-state index in [1.54, 1.807) is 14.2 Å². The van der Waals surface area contributed by atoms with Crippen LogP contribution >= 0.6 is 0 Å². The second-order valence-electron chi connectivity index (χ2n) is 5.98. The molecule has 0 heterocycles. The summed E-state index contributed by atoms with van der Waals surface area (Å²) in [6.45, 7) is 3.15. The van der Waals surface area contributed by atoms with E-state index in [0.29, 0.717) is 6.04 Å². The lowest BCUT2D eigenvalue weighted by atomic mass is 9.94. The SMILES string of the molecule is CCNC(CCC1CCCC1)c1cc(OC)cc(OC)c1. The van der Waals surface area contributed by atoms with Crippen LogP contribution in [0.5, 0.6) is 11.5 Å². The Hall–Kier alpha value is -1.22. The van der Waals surface area contributed by atoms with E-state index >= 15 is 0 Å². The van der Waals surface area contributed by atoms with E-state index in [1.165, 1.54) is 44.1 Å². The molecule has 3 nitrogen and oxygen atoms in total. The van der Waals surface area contributed by atoms with Gasteiger partial charge in [-0.1, -0.05) is 32.6 Å². The average Bonchev–Trinajstić information content (AvgIpc) is 3.04. The summed E-state index contributed by atoms with van der Waals surface area (Å²) in [5.74, 6) is 2.67. The molecule has 1 saturated carbocycles. The highest BCUT2D eigenvalue weighted by molar-refractivity contribution is 5.39. The van der Waals surface area contributed by atoms with E-state index < -0.39 is 0 Å². The van der Waals surface area contributed by atoms with Crippen molar-refractivity contribution in [3.05, 3.63) is 23.8 Å². The molecule has 21 heavy (non-hydrogen) atoms. The zero-order valence-electron chi connectivity index (χ0n) is 13.7. The Morgan fingerprint density at radius 3 is 2.24 bits per heavy atom. The highest BCUT2D eigenvalue weighted by atomic mass is 16.5. The number of hydrogen-bond acceptors (Lipinski definition) is 3. The van der Waals surface area contributed by atoms with E-state index in [0.717, 1.165) is 24.0 Å². The van der Waals surface area contributed by atoms with Crippen molar-refractivity contribution < 1.29 is 9.47 Å². The summed E-state index contributed by atoms with van der Waals surface area (Å²) >= 11 is 0. The topological polar surface area (TPSA) is 30.5 Å². The third kappa shape index (κ3) is 4.63. The largest absolute Gasteiger partial charge is 0.497 e. The van der Waals surface area contributed by atoms with Crippen LogP contribution in [0.25, 0.3) is 0 Å². The summed E-state index contributed by atoms with van der Waals surface area (Å²) in [5.41, 5.74) is 1.27. The standard InChI is InChI=1S/C18H29NO2/c1-4-19-18(10-9-14-7-5-6-8-14)15-11-16(20-2)13-17(12-15)21-3/h11-14,18-19H,4-10H2,1-3H3. The van der Waals surface area contributed by atoms with Crippen molar-refractivity contribution in [1.29, 1.82) is 0 Å². The molecule has 1 aromatic carbocycles. The smallest absolute Gasteiger partial charge is 0.122 e. The van der Waals surface area contributed by atoms with Crippen LogP contribution in [0.3, 0.4) is 0 Å².